The van der Waals surface area contributed by atoms with Crippen LogP contribution in [0.25, 0.3) is 56.1 Å². The zero-order valence-electron chi connectivity index (χ0n) is 25.6. The van der Waals surface area contributed by atoms with Gasteiger partial charge in [-0.15, -0.1) is 0 Å². The molecule has 0 saturated heterocycles. The van der Waals surface area contributed by atoms with Gasteiger partial charge in [0.15, 0.2) is 17.5 Å². The molecule has 0 saturated carbocycles. The number of aromatic nitrogens is 3. The fraction of sp³-hybridized carbons (Fsp3) is 0.0227. The summed E-state index contributed by atoms with van der Waals surface area (Å²) in [5, 5.41) is 2.46. The summed E-state index contributed by atoms with van der Waals surface area (Å²) in [5.41, 5.74) is 9.67. The number of hydrogen-bond acceptors (Lipinski definition) is 3. The van der Waals surface area contributed by atoms with Crippen molar-refractivity contribution in [1.82, 2.24) is 15.0 Å². The molecule has 1 aliphatic carbocycles. The van der Waals surface area contributed by atoms with Crippen molar-refractivity contribution in [2.45, 2.75) is 5.41 Å². The van der Waals surface area contributed by atoms with E-state index in [-0.39, 0.29) is 0 Å². The molecule has 0 amide bonds. The number of rotatable bonds is 5. The topological polar surface area (TPSA) is 38.7 Å². The zero-order chi connectivity index (χ0) is 31.2. The molecule has 220 valence electrons. The highest BCUT2D eigenvalue weighted by Crippen LogP contribution is 2.59. The first kappa shape index (κ1) is 27.1. The molecule has 1 heterocycles. The summed E-state index contributed by atoms with van der Waals surface area (Å²) in [4.78, 5) is 15.3. The average molecular weight is 600 g/mol. The quantitative estimate of drug-likeness (QED) is 0.198. The molecular formula is C44H29N3. The Morgan fingerprint density at radius 3 is 1.47 bits per heavy atom. The van der Waals surface area contributed by atoms with Gasteiger partial charge in [-0.1, -0.05) is 176 Å². The van der Waals surface area contributed by atoms with Gasteiger partial charge in [0.25, 0.3) is 0 Å². The summed E-state index contributed by atoms with van der Waals surface area (Å²) in [5.74, 6) is 1.97. The van der Waals surface area contributed by atoms with E-state index in [1.807, 2.05) is 36.4 Å². The Morgan fingerprint density at radius 1 is 0.362 bits per heavy atom. The average Bonchev–Trinajstić information content (AvgIpc) is 3.48. The lowest BCUT2D eigenvalue weighted by atomic mass is 9.66. The molecule has 0 atom stereocenters. The monoisotopic (exact) mass is 599 g/mol. The van der Waals surface area contributed by atoms with Gasteiger partial charge in [0, 0.05) is 16.7 Å². The van der Waals surface area contributed by atoms with E-state index in [0.29, 0.717) is 17.5 Å². The largest absolute Gasteiger partial charge is 0.208 e. The molecule has 9 rings (SSSR count). The van der Waals surface area contributed by atoms with Gasteiger partial charge >= 0.3 is 0 Å². The van der Waals surface area contributed by atoms with Gasteiger partial charge in [-0.05, 0) is 44.2 Å². The van der Waals surface area contributed by atoms with Crippen LogP contribution in [0, 0.1) is 0 Å². The highest BCUT2D eigenvalue weighted by molar-refractivity contribution is 6.03. The molecule has 47 heavy (non-hydrogen) atoms. The van der Waals surface area contributed by atoms with Crippen LogP contribution in [0.2, 0.25) is 0 Å². The predicted molar refractivity (Wildman–Crippen MR) is 191 cm³/mol. The standard InChI is InChI=1S/C44H29N3/c1-5-17-31(18-6-1)41-45-42(32-19-7-2-8-20-32)47-43(46-41)37-26-15-27-38-39(37)36-29-28-30-16-13-14-25-35(30)40(36)44(38,33-21-9-3-10-22-33)34-23-11-4-12-24-34/h1-29H. The van der Waals surface area contributed by atoms with Crippen LogP contribution in [0.1, 0.15) is 22.3 Å². The molecule has 0 unspecified atom stereocenters. The van der Waals surface area contributed by atoms with E-state index >= 15 is 0 Å². The molecule has 8 aromatic rings. The molecule has 0 radical (unpaired) electrons. The molecule has 0 bridgehead atoms. The van der Waals surface area contributed by atoms with Gasteiger partial charge in [0.1, 0.15) is 0 Å². The predicted octanol–water partition coefficient (Wildman–Crippen LogP) is 10.4. The third-order valence-corrected chi connectivity index (χ3v) is 9.40. The lowest BCUT2D eigenvalue weighted by molar-refractivity contribution is 0.775. The molecule has 0 N–H and O–H groups in total. The Balaban J connectivity index is 1.41. The molecular weight excluding hydrogens is 571 g/mol. The molecule has 7 aromatic carbocycles. The van der Waals surface area contributed by atoms with Crippen molar-refractivity contribution in [2.24, 2.45) is 0 Å². The minimum absolute atomic E-state index is 0.554. The van der Waals surface area contributed by atoms with Gasteiger partial charge in [0.05, 0.1) is 5.41 Å². The molecule has 3 nitrogen and oxygen atoms in total. The molecule has 0 aliphatic heterocycles. The molecule has 0 spiro atoms. The highest BCUT2D eigenvalue weighted by atomic mass is 15.0. The van der Waals surface area contributed by atoms with Crippen molar-refractivity contribution in [3.63, 3.8) is 0 Å². The Bertz CT molecular complexity index is 2290. The zero-order valence-corrected chi connectivity index (χ0v) is 25.6. The molecule has 1 aromatic heterocycles. The van der Waals surface area contributed by atoms with Crippen LogP contribution >= 0.6 is 0 Å². The minimum atomic E-state index is -0.554. The van der Waals surface area contributed by atoms with Crippen LogP contribution in [0.4, 0.5) is 0 Å². The van der Waals surface area contributed by atoms with Crippen molar-refractivity contribution < 1.29 is 0 Å². The second-order valence-electron chi connectivity index (χ2n) is 12.0. The van der Waals surface area contributed by atoms with Gasteiger partial charge in [-0.25, -0.2) is 15.0 Å². The normalized spacial score (nSPS) is 12.9. The number of benzene rings is 7. The Labute approximate surface area is 273 Å². The van der Waals surface area contributed by atoms with Crippen molar-refractivity contribution >= 4 is 10.8 Å². The molecule has 1 aliphatic rings. The summed E-state index contributed by atoms with van der Waals surface area (Å²) in [6, 6.07) is 62.1. The first-order chi connectivity index (χ1) is 23.3. The number of hydrogen-bond donors (Lipinski definition) is 0. The lowest BCUT2D eigenvalue weighted by Gasteiger charge is -2.34. The SMILES string of the molecule is c1ccc(-c2nc(-c3ccccc3)nc(-c3cccc4c3-c3ccc5ccccc5c3C4(c3ccccc3)c3ccccc3)n2)cc1. The first-order valence-electron chi connectivity index (χ1n) is 16.0. The van der Waals surface area contributed by atoms with E-state index in [9.17, 15) is 0 Å². The molecule has 3 heteroatoms. The van der Waals surface area contributed by atoms with Gasteiger partial charge < -0.3 is 0 Å². The van der Waals surface area contributed by atoms with Gasteiger partial charge in [-0.3, -0.25) is 0 Å². The van der Waals surface area contributed by atoms with Crippen LogP contribution in [0.5, 0.6) is 0 Å². The van der Waals surface area contributed by atoms with E-state index in [1.165, 1.54) is 38.6 Å². The third kappa shape index (κ3) is 4.24. The van der Waals surface area contributed by atoms with Crippen molar-refractivity contribution in [3.8, 4) is 45.3 Å². The maximum atomic E-state index is 5.18. The van der Waals surface area contributed by atoms with Crippen LogP contribution in [0.15, 0.2) is 176 Å². The van der Waals surface area contributed by atoms with Crippen LogP contribution < -0.4 is 0 Å². The fourth-order valence-corrected chi connectivity index (χ4v) is 7.43. The summed E-state index contributed by atoms with van der Waals surface area (Å²) in [7, 11) is 0. The maximum absolute atomic E-state index is 5.18. The van der Waals surface area contributed by atoms with E-state index in [0.717, 1.165) is 22.3 Å². The van der Waals surface area contributed by atoms with Crippen molar-refractivity contribution in [2.75, 3.05) is 0 Å². The van der Waals surface area contributed by atoms with Gasteiger partial charge in [-0.2, -0.15) is 0 Å². The summed E-state index contributed by atoms with van der Waals surface area (Å²) < 4.78 is 0. The Kier molecular flexibility index (Phi) is 6.36. The van der Waals surface area contributed by atoms with Crippen molar-refractivity contribution in [3.05, 3.63) is 198 Å². The summed E-state index contributed by atoms with van der Waals surface area (Å²) >= 11 is 0. The lowest BCUT2D eigenvalue weighted by Crippen LogP contribution is -2.28. The van der Waals surface area contributed by atoms with E-state index in [4.69, 9.17) is 15.0 Å². The fourth-order valence-electron chi connectivity index (χ4n) is 7.43. The number of nitrogens with zero attached hydrogens (tertiary/aromatic N) is 3. The summed E-state index contributed by atoms with van der Waals surface area (Å²) in [6.45, 7) is 0. The van der Waals surface area contributed by atoms with Crippen LogP contribution in [0.3, 0.4) is 0 Å². The maximum Gasteiger partial charge on any atom is 0.164 e. The van der Waals surface area contributed by atoms with Crippen LogP contribution in [-0.4, -0.2) is 15.0 Å². The summed E-state index contributed by atoms with van der Waals surface area (Å²) in [6.07, 6.45) is 0. The second kappa shape index (κ2) is 11.0. The van der Waals surface area contributed by atoms with E-state index < -0.39 is 5.41 Å². The second-order valence-corrected chi connectivity index (χ2v) is 12.0. The minimum Gasteiger partial charge on any atom is -0.208 e. The van der Waals surface area contributed by atoms with E-state index in [1.54, 1.807) is 0 Å². The van der Waals surface area contributed by atoms with E-state index in [2.05, 4.69) is 140 Å². The van der Waals surface area contributed by atoms with Crippen molar-refractivity contribution in [1.29, 1.82) is 0 Å². The third-order valence-electron chi connectivity index (χ3n) is 9.40. The number of fused-ring (bicyclic) bond motifs is 5. The van der Waals surface area contributed by atoms with Crippen LogP contribution in [-0.2, 0) is 5.41 Å². The first-order valence-corrected chi connectivity index (χ1v) is 16.0. The smallest absolute Gasteiger partial charge is 0.164 e. The highest BCUT2D eigenvalue weighted by Gasteiger charge is 2.48. The Morgan fingerprint density at radius 2 is 0.872 bits per heavy atom. The Hall–Kier alpha value is -6.19. The van der Waals surface area contributed by atoms with Gasteiger partial charge in [0.2, 0.25) is 0 Å². The molecule has 0 fully saturated rings.